The third kappa shape index (κ3) is 2.28. The van der Waals surface area contributed by atoms with Crippen molar-refractivity contribution in [1.29, 1.82) is 0 Å². The molecule has 4 nitrogen and oxygen atoms in total. The van der Waals surface area contributed by atoms with Crippen molar-refractivity contribution >= 4 is 11.8 Å². The highest BCUT2D eigenvalue weighted by atomic mass is 16.5. The molecule has 1 rings (SSSR count). The lowest BCUT2D eigenvalue weighted by Gasteiger charge is -2.29. The van der Waals surface area contributed by atoms with E-state index >= 15 is 0 Å². The Kier molecular flexibility index (Phi) is 3.03. The standard InChI is InChI=1S/C9H15NO3/c1-2-13-8(12)9(10)5-3-7(11)4-6-9/h2-6,10H2,1H3. The average molecular weight is 185 g/mol. The summed E-state index contributed by atoms with van der Waals surface area (Å²) in [5.74, 6) is -0.187. The molecule has 0 heterocycles. The van der Waals surface area contributed by atoms with Crippen molar-refractivity contribution in [2.45, 2.75) is 38.1 Å². The molecule has 0 radical (unpaired) electrons. The molecule has 0 amide bonds. The van der Waals surface area contributed by atoms with Gasteiger partial charge in [0.15, 0.2) is 0 Å². The maximum atomic E-state index is 11.4. The Balaban J connectivity index is 2.56. The van der Waals surface area contributed by atoms with Crippen LogP contribution >= 0.6 is 0 Å². The van der Waals surface area contributed by atoms with E-state index in [1.165, 1.54) is 0 Å². The number of carbonyl (C=O) groups excluding carboxylic acids is 2. The normalized spacial score (nSPS) is 21.2. The molecule has 1 aliphatic carbocycles. The van der Waals surface area contributed by atoms with Crippen LogP contribution in [0.4, 0.5) is 0 Å². The predicted octanol–water partition coefficient (Wildman–Crippen LogP) is 0.390. The lowest BCUT2D eigenvalue weighted by molar-refractivity contribution is -0.151. The van der Waals surface area contributed by atoms with Crippen LogP contribution in [0.15, 0.2) is 0 Å². The van der Waals surface area contributed by atoms with Gasteiger partial charge in [0.1, 0.15) is 11.3 Å². The molecule has 0 aliphatic heterocycles. The van der Waals surface area contributed by atoms with Gasteiger partial charge in [-0.2, -0.15) is 0 Å². The molecule has 0 spiro atoms. The number of hydrogen-bond donors (Lipinski definition) is 1. The highest BCUT2D eigenvalue weighted by Crippen LogP contribution is 2.24. The van der Waals surface area contributed by atoms with Crippen LogP contribution < -0.4 is 5.73 Å². The first kappa shape index (κ1) is 10.2. The van der Waals surface area contributed by atoms with E-state index in [1.54, 1.807) is 6.92 Å². The van der Waals surface area contributed by atoms with Crippen LogP contribution in [-0.2, 0) is 14.3 Å². The summed E-state index contributed by atoms with van der Waals surface area (Å²) in [6, 6.07) is 0. The second-order valence-corrected chi connectivity index (χ2v) is 3.42. The summed E-state index contributed by atoms with van der Waals surface area (Å²) in [4.78, 5) is 22.3. The fourth-order valence-corrected chi connectivity index (χ4v) is 1.45. The van der Waals surface area contributed by atoms with Gasteiger partial charge >= 0.3 is 5.97 Å². The van der Waals surface area contributed by atoms with Crippen LogP contribution in [0.25, 0.3) is 0 Å². The van der Waals surface area contributed by atoms with Gasteiger partial charge in [-0.15, -0.1) is 0 Å². The number of carbonyl (C=O) groups is 2. The van der Waals surface area contributed by atoms with Gasteiger partial charge in [-0.3, -0.25) is 9.59 Å². The van der Waals surface area contributed by atoms with Crippen LogP contribution in [0.3, 0.4) is 0 Å². The molecule has 0 unspecified atom stereocenters. The molecule has 13 heavy (non-hydrogen) atoms. The molecule has 2 N–H and O–H groups in total. The Morgan fingerprint density at radius 2 is 2.08 bits per heavy atom. The molecule has 1 saturated carbocycles. The maximum Gasteiger partial charge on any atom is 0.326 e. The first-order valence-electron chi connectivity index (χ1n) is 4.56. The van der Waals surface area contributed by atoms with Crippen molar-refractivity contribution < 1.29 is 14.3 Å². The Hall–Kier alpha value is -0.900. The van der Waals surface area contributed by atoms with Gasteiger partial charge in [0.05, 0.1) is 6.61 Å². The van der Waals surface area contributed by atoms with E-state index in [-0.39, 0.29) is 11.8 Å². The lowest BCUT2D eigenvalue weighted by atomic mass is 9.82. The van der Waals surface area contributed by atoms with Gasteiger partial charge in [-0.05, 0) is 19.8 Å². The van der Waals surface area contributed by atoms with Crippen molar-refractivity contribution in [2.75, 3.05) is 6.61 Å². The molecular formula is C9H15NO3. The lowest BCUT2D eigenvalue weighted by Crippen LogP contribution is -2.51. The molecule has 1 aliphatic rings. The highest BCUT2D eigenvalue weighted by molar-refractivity contribution is 5.86. The van der Waals surface area contributed by atoms with Crippen molar-refractivity contribution in [1.82, 2.24) is 0 Å². The second kappa shape index (κ2) is 3.87. The van der Waals surface area contributed by atoms with Crippen molar-refractivity contribution in [3.05, 3.63) is 0 Å². The third-order valence-electron chi connectivity index (χ3n) is 2.38. The summed E-state index contributed by atoms with van der Waals surface area (Å²) in [7, 11) is 0. The topological polar surface area (TPSA) is 69.4 Å². The fourth-order valence-electron chi connectivity index (χ4n) is 1.45. The summed E-state index contributed by atoms with van der Waals surface area (Å²) in [5.41, 5.74) is 4.91. The fraction of sp³-hybridized carbons (Fsp3) is 0.778. The average Bonchev–Trinajstić information content (AvgIpc) is 2.11. The largest absolute Gasteiger partial charge is 0.465 e. The van der Waals surface area contributed by atoms with Gasteiger partial charge in [0, 0.05) is 12.8 Å². The van der Waals surface area contributed by atoms with E-state index in [2.05, 4.69) is 0 Å². The number of Topliss-reactive ketones (excluding diaryl/α,β-unsaturated/α-hetero) is 1. The van der Waals surface area contributed by atoms with Gasteiger partial charge in [-0.25, -0.2) is 0 Å². The zero-order chi connectivity index (χ0) is 9.90. The minimum absolute atomic E-state index is 0.186. The molecule has 4 heteroatoms. The first-order valence-corrected chi connectivity index (χ1v) is 4.56. The summed E-state index contributed by atoms with van der Waals surface area (Å²) < 4.78 is 4.84. The van der Waals surface area contributed by atoms with Crippen molar-refractivity contribution in [2.24, 2.45) is 5.73 Å². The zero-order valence-corrected chi connectivity index (χ0v) is 7.84. The third-order valence-corrected chi connectivity index (χ3v) is 2.38. The first-order chi connectivity index (χ1) is 6.08. The van der Waals surface area contributed by atoms with E-state index in [0.717, 1.165) is 0 Å². The van der Waals surface area contributed by atoms with E-state index in [9.17, 15) is 9.59 Å². The Labute approximate surface area is 77.4 Å². The molecular weight excluding hydrogens is 170 g/mol. The maximum absolute atomic E-state index is 11.4. The number of ketones is 1. The van der Waals surface area contributed by atoms with Crippen LogP contribution in [0.5, 0.6) is 0 Å². The van der Waals surface area contributed by atoms with E-state index in [4.69, 9.17) is 10.5 Å². The van der Waals surface area contributed by atoms with Crippen LogP contribution in [0.2, 0.25) is 0 Å². The number of ether oxygens (including phenoxy) is 1. The van der Waals surface area contributed by atoms with Crippen molar-refractivity contribution in [3.8, 4) is 0 Å². The Morgan fingerprint density at radius 1 is 1.54 bits per heavy atom. The molecule has 0 bridgehead atoms. The summed E-state index contributed by atoms with van der Waals surface area (Å²) in [6.45, 7) is 2.08. The smallest absolute Gasteiger partial charge is 0.326 e. The number of esters is 1. The van der Waals surface area contributed by atoms with E-state index < -0.39 is 5.54 Å². The minimum Gasteiger partial charge on any atom is -0.465 e. The molecule has 0 aromatic heterocycles. The molecule has 74 valence electrons. The molecule has 0 aromatic rings. The monoisotopic (exact) mass is 185 g/mol. The van der Waals surface area contributed by atoms with Crippen LogP contribution in [0.1, 0.15) is 32.6 Å². The van der Waals surface area contributed by atoms with Gasteiger partial charge in [0.25, 0.3) is 0 Å². The predicted molar refractivity (Wildman–Crippen MR) is 47.0 cm³/mol. The Morgan fingerprint density at radius 3 is 2.54 bits per heavy atom. The number of nitrogens with two attached hydrogens (primary N) is 1. The number of rotatable bonds is 2. The molecule has 0 saturated heterocycles. The van der Waals surface area contributed by atoms with Crippen molar-refractivity contribution in [3.63, 3.8) is 0 Å². The SMILES string of the molecule is CCOC(=O)C1(N)CCC(=O)CC1. The van der Waals surface area contributed by atoms with Crippen LogP contribution in [-0.4, -0.2) is 23.9 Å². The summed E-state index contributed by atoms with van der Waals surface area (Å²) in [5, 5.41) is 0. The molecule has 1 fully saturated rings. The summed E-state index contributed by atoms with van der Waals surface area (Å²) >= 11 is 0. The second-order valence-electron chi connectivity index (χ2n) is 3.42. The Bertz CT molecular complexity index is 215. The van der Waals surface area contributed by atoms with Gasteiger partial charge < -0.3 is 10.5 Å². The zero-order valence-electron chi connectivity index (χ0n) is 7.84. The van der Waals surface area contributed by atoms with Gasteiger partial charge in [0.2, 0.25) is 0 Å². The highest BCUT2D eigenvalue weighted by Gasteiger charge is 2.38. The van der Waals surface area contributed by atoms with Crippen LogP contribution in [0, 0.1) is 0 Å². The quantitative estimate of drug-likeness (QED) is 0.632. The van der Waals surface area contributed by atoms with E-state index in [1.807, 2.05) is 0 Å². The number of hydrogen-bond acceptors (Lipinski definition) is 4. The van der Waals surface area contributed by atoms with E-state index in [0.29, 0.717) is 32.3 Å². The molecule has 0 atom stereocenters. The minimum atomic E-state index is -0.913. The van der Waals surface area contributed by atoms with Gasteiger partial charge in [-0.1, -0.05) is 0 Å². The molecule has 0 aromatic carbocycles. The summed E-state index contributed by atoms with van der Waals surface area (Å²) in [6.07, 6.45) is 1.64.